The first-order valence-electron chi connectivity index (χ1n) is 10.3. The van der Waals surface area contributed by atoms with Crippen molar-refractivity contribution in [3.63, 3.8) is 0 Å². The third kappa shape index (κ3) is 7.72. The van der Waals surface area contributed by atoms with Gasteiger partial charge in [-0.25, -0.2) is 17.5 Å². The lowest BCUT2D eigenvalue weighted by Gasteiger charge is -2.21. The summed E-state index contributed by atoms with van der Waals surface area (Å²) in [5, 5.41) is 5.40. The molecule has 0 aliphatic heterocycles. The van der Waals surface area contributed by atoms with Crippen LogP contribution < -0.4 is 15.4 Å². The molecule has 0 unspecified atom stereocenters. The summed E-state index contributed by atoms with van der Waals surface area (Å²) in [6, 6.07) is 10.0. The lowest BCUT2D eigenvalue weighted by Crippen LogP contribution is -2.44. The summed E-state index contributed by atoms with van der Waals surface area (Å²) in [5.41, 5.74) is 0.0155. The Morgan fingerprint density at radius 2 is 1.53 bits per heavy atom. The third-order valence-electron chi connectivity index (χ3n) is 4.31. The van der Waals surface area contributed by atoms with E-state index < -0.39 is 39.2 Å². The minimum Gasteiger partial charge on any atom is -0.340 e. The predicted octanol–water partition coefficient (Wildman–Crippen LogP) is 3.69. The van der Waals surface area contributed by atoms with E-state index in [2.05, 4.69) is 15.4 Å². The molecule has 0 saturated heterocycles. The van der Waals surface area contributed by atoms with Gasteiger partial charge in [-0.15, -0.1) is 0 Å². The molecule has 2 aromatic rings. The fraction of sp³-hybridized carbons (Fsp3) is 0.391. The van der Waals surface area contributed by atoms with E-state index in [-0.39, 0.29) is 16.4 Å². The molecule has 0 fully saturated rings. The van der Waals surface area contributed by atoms with Gasteiger partial charge in [-0.1, -0.05) is 13.8 Å². The van der Waals surface area contributed by atoms with Crippen LogP contribution in [-0.4, -0.2) is 31.8 Å². The maximum atomic E-state index is 13.1. The smallest absolute Gasteiger partial charge is 0.251 e. The number of anilines is 1. The first kappa shape index (κ1) is 25.5. The predicted molar refractivity (Wildman–Crippen MR) is 122 cm³/mol. The number of sulfonamides is 1. The Labute approximate surface area is 188 Å². The molecule has 7 nitrogen and oxygen atoms in total. The highest BCUT2D eigenvalue weighted by molar-refractivity contribution is 7.89. The van der Waals surface area contributed by atoms with Crippen LogP contribution in [0.1, 0.15) is 51.4 Å². The Morgan fingerprint density at radius 1 is 0.969 bits per heavy atom. The van der Waals surface area contributed by atoms with Gasteiger partial charge in [0.25, 0.3) is 5.91 Å². The van der Waals surface area contributed by atoms with Crippen LogP contribution in [0.2, 0.25) is 0 Å². The molecule has 0 bridgehead atoms. The number of nitrogens with one attached hydrogen (secondary N) is 3. The van der Waals surface area contributed by atoms with Gasteiger partial charge in [-0.2, -0.15) is 0 Å². The van der Waals surface area contributed by atoms with Crippen molar-refractivity contribution in [2.75, 3.05) is 5.32 Å². The van der Waals surface area contributed by atoms with E-state index in [0.29, 0.717) is 12.1 Å². The zero-order valence-electron chi connectivity index (χ0n) is 18.9. The summed E-state index contributed by atoms with van der Waals surface area (Å²) in [5.74, 6) is -1.26. The number of amides is 2. The minimum atomic E-state index is -3.69. The fourth-order valence-corrected chi connectivity index (χ4v) is 4.37. The number of rotatable bonds is 8. The van der Waals surface area contributed by atoms with Crippen molar-refractivity contribution in [3.8, 4) is 0 Å². The van der Waals surface area contributed by atoms with Crippen LogP contribution in [0.3, 0.4) is 0 Å². The Balaban J connectivity index is 2.12. The van der Waals surface area contributed by atoms with E-state index >= 15 is 0 Å². The van der Waals surface area contributed by atoms with Crippen molar-refractivity contribution in [2.45, 2.75) is 57.5 Å². The molecule has 0 aliphatic carbocycles. The average molecular weight is 464 g/mol. The van der Waals surface area contributed by atoms with E-state index in [0.717, 1.165) is 0 Å². The number of carbonyl (C=O) groups excluding carboxylic acids is 2. The van der Waals surface area contributed by atoms with Crippen molar-refractivity contribution < 1.29 is 22.4 Å². The zero-order valence-corrected chi connectivity index (χ0v) is 19.7. The molecule has 9 heteroatoms. The molecule has 1 atom stereocenters. The molecular weight excluding hydrogens is 433 g/mol. The Kier molecular flexibility index (Phi) is 8.14. The van der Waals surface area contributed by atoms with E-state index in [1.165, 1.54) is 48.5 Å². The van der Waals surface area contributed by atoms with Crippen molar-refractivity contribution in [3.05, 3.63) is 59.9 Å². The molecular formula is C23H30FN3O4S. The molecule has 32 heavy (non-hydrogen) atoms. The molecule has 0 spiro atoms. The topological polar surface area (TPSA) is 104 Å². The van der Waals surface area contributed by atoms with E-state index in [4.69, 9.17) is 0 Å². The highest BCUT2D eigenvalue weighted by Gasteiger charge is 2.24. The summed E-state index contributed by atoms with van der Waals surface area (Å²) in [6.45, 7) is 9.08. The highest BCUT2D eigenvalue weighted by atomic mass is 32.2. The summed E-state index contributed by atoms with van der Waals surface area (Å²) in [4.78, 5) is 25.4. The van der Waals surface area contributed by atoms with Gasteiger partial charge < -0.3 is 10.6 Å². The minimum absolute atomic E-state index is 0.0776. The Bertz CT molecular complexity index is 1040. The van der Waals surface area contributed by atoms with E-state index in [1.807, 2.05) is 13.8 Å². The molecule has 0 aromatic heterocycles. The van der Waals surface area contributed by atoms with E-state index in [9.17, 15) is 22.4 Å². The van der Waals surface area contributed by atoms with Gasteiger partial charge in [0.1, 0.15) is 11.9 Å². The van der Waals surface area contributed by atoms with E-state index in [1.54, 1.807) is 20.8 Å². The normalized spacial score (nSPS) is 13.0. The lowest BCUT2D eigenvalue weighted by atomic mass is 10.0. The number of carbonyl (C=O) groups is 2. The number of halogens is 1. The molecule has 2 aromatic carbocycles. The SMILES string of the molecule is CC(C)C[C@@H](NC(=O)c1ccc(F)cc1)C(=O)Nc1ccc(S(=O)(=O)NC(C)(C)C)cc1. The Morgan fingerprint density at radius 3 is 2.03 bits per heavy atom. The fourth-order valence-electron chi connectivity index (χ4n) is 2.95. The molecule has 3 N–H and O–H groups in total. The molecule has 174 valence electrons. The van der Waals surface area contributed by atoms with Gasteiger partial charge in [0.05, 0.1) is 4.90 Å². The second-order valence-electron chi connectivity index (χ2n) is 9.03. The number of benzene rings is 2. The molecule has 0 radical (unpaired) electrons. The Hall–Kier alpha value is -2.78. The van der Waals surface area contributed by atoms with Gasteiger partial charge in [-0.05, 0) is 81.6 Å². The largest absolute Gasteiger partial charge is 0.340 e. The standard InChI is InChI=1S/C23H30FN3O4S/c1-15(2)14-20(26-21(28)16-6-8-17(24)9-7-16)22(29)25-18-10-12-19(13-11-18)32(30,31)27-23(3,4)5/h6-13,15,20,27H,14H2,1-5H3,(H,25,29)(H,26,28)/t20-/m1/s1. The van der Waals surface area contributed by atoms with Gasteiger partial charge >= 0.3 is 0 Å². The van der Waals surface area contributed by atoms with Crippen molar-refractivity contribution in [1.82, 2.24) is 10.0 Å². The summed E-state index contributed by atoms with van der Waals surface area (Å²) >= 11 is 0. The van der Waals surface area contributed by atoms with Crippen LogP contribution in [-0.2, 0) is 14.8 Å². The van der Waals surface area contributed by atoms with Gasteiger partial charge in [-0.3, -0.25) is 9.59 Å². The second kappa shape index (κ2) is 10.2. The lowest BCUT2D eigenvalue weighted by molar-refractivity contribution is -0.118. The first-order valence-corrected chi connectivity index (χ1v) is 11.8. The average Bonchev–Trinajstić information content (AvgIpc) is 2.66. The van der Waals surface area contributed by atoms with Gasteiger partial charge in [0, 0.05) is 16.8 Å². The van der Waals surface area contributed by atoms with Crippen LogP contribution in [0.25, 0.3) is 0 Å². The van der Waals surface area contributed by atoms with Crippen LogP contribution in [0.15, 0.2) is 53.4 Å². The van der Waals surface area contributed by atoms with Crippen molar-refractivity contribution in [2.24, 2.45) is 5.92 Å². The first-order chi connectivity index (χ1) is 14.8. The molecule has 0 saturated carbocycles. The highest BCUT2D eigenvalue weighted by Crippen LogP contribution is 2.17. The summed E-state index contributed by atoms with van der Waals surface area (Å²) < 4.78 is 40.5. The number of hydrogen-bond acceptors (Lipinski definition) is 4. The number of hydrogen-bond donors (Lipinski definition) is 3. The van der Waals surface area contributed by atoms with Gasteiger partial charge in [0.15, 0.2) is 0 Å². The molecule has 0 aliphatic rings. The second-order valence-corrected chi connectivity index (χ2v) is 10.7. The molecule has 2 amide bonds. The third-order valence-corrected chi connectivity index (χ3v) is 6.08. The van der Waals surface area contributed by atoms with Gasteiger partial charge in [0.2, 0.25) is 15.9 Å². The quantitative estimate of drug-likeness (QED) is 0.555. The molecule has 0 heterocycles. The maximum Gasteiger partial charge on any atom is 0.251 e. The van der Waals surface area contributed by atoms with Crippen molar-refractivity contribution in [1.29, 1.82) is 0 Å². The molecule has 2 rings (SSSR count). The monoisotopic (exact) mass is 463 g/mol. The van der Waals surface area contributed by atoms with Crippen LogP contribution in [0.5, 0.6) is 0 Å². The maximum absolute atomic E-state index is 13.1. The van der Waals surface area contributed by atoms with Crippen molar-refractivity contribution >= 4 is 27.5 Å². The summed E-state index contributed by atoms with van der Waals surface area (Å²) in [7, 11) is -3.69. The van der Waals surface area contributed by atoms with Crippen LogP contribution in [0.4, 0.5) is 10.1 Å². The zero-order chi connectivity index (χ0) is 24.1. The van der Waals surface area contributed by atoms with Crippen LogP contribution in [0, 0.1) is 11.7 Å². The summed E-state index contributed by atoms with van der Waals surface area (Å²) in [6.07, 6.45) is 0.390. The van der Waals surface area contributed by atoms with Crippen LogP contribution >= 0.6 is 0 Å².